The third-order valence-electron chi connectivity index (χ3n) is 5.32. The highest BCUT2D eigenvalue weighted by atomic mass is 28.4. The molecule has 0 unspecified atom stereocenters. The van der Waals surface area contributed by atoms with Crippen molar-refractivity contribution in [2.24, 2.45) is 0 Å². The smallest absolute Gasteiger partial charge is 0.292 e. The number of aryl methyl sites for hydroxylation is 1. The van der Waals surface area contributed by atoms with Crippen LogP contribution in [0.3, 0.4) is 0 Å². The average Bonchev–Trinajstić information content (AvgIpc) is 2.56. The van der Waals surface area contributed by atoms with Gasteiger partial charge in [-0.05, 0) is 49.0 Å². The summed E-state index contributed by atoms with van der Waals surface area (Å²) in [5, 5.41) is 14.7. The second kappa shape index (κ2) is 10.1. The molecule has 0 aliphatic carbocycles. The first kappa shape index (κ1) is 22.6. The highest BCUT2D eigenvalue weighted by Crippen LogP contribution is 2.36. The molecule has 0 bridgehead atoms. The van der Waals surface area contributed by atoms with Crippen LogP contribution in [0.1, 0.15) is 58.9 Å². The second-order valence-electron chi connectivity index (χ2n) is 8.41. The molecule has 0 heterocycles. The van der Waals surface area contributed by atoms with Crippen LogP contribution in [0.15, 0.2) is 18.2 Å². The lowest BCUT2D eigenvalue weighted by Gasteiger charge is -2.36. The molecule has 0 radical (unpaired) electrons. The van der Waals surface area contributed by atoms with Gasteiger partial charge in [-0.3, -0.25) is 10.1 Å². The van der Waals surface area contributed by atoms with Crippen LogP contribution in [0.4, 0.5) is 11.4 Å². The number of hydrogen-bond acceptors (Lipinski definition) is 4. The molecule has 6 heteroatoms. The van der Waals surface area contributed by atoms with Crippen LogP contribution in [-0.2, 0) is 10.8 Å². The van der Waals surface area contributed by atoms with Gasteiger partial charge in [-0.15, -0.1) is 0 Å². The Kier molecular flexibility index (Phi) is 8.76. The van der Waals surface area contributed by atoms with Crippen molar-refractivity contribution in [2.45, 2.75) is 77.9 Å². The molecule has 0 aliphatic rings. The van der Waals surface area contributed by atoms with E-state index in [0.717, 1.165) is 50.8 Å². The van der Waals surface area contributed by atoms with E-state index >= 15 is 0 Å². The van der Waals surface area contributed by atoms with Crippen LogP contribution in [0.25, 0.3) is 0 Å². The Morgan fingerprint density at radius 2 is 1.81 bits per heavy atom. The van der Waals surface area contributed by atoms with E-state index in [4.69, 9.17) is 4.43 Å². The minimum atomic E-state index is -1.63. The van der Waals surface area contributed by atoms with Crippen LogP contribution in [0.2, 0.25) is 18.1 Å². The van der Waals surface area contributed by atoms with Gasteiger partial charge in [0.1, 0.15) is 5.69 Å². The highest BCUT2D eigenvalue weighted by molar-refractivity contribution is 6.74. The van der Waals surface area contributed by atoms with Gasteiger partial charge in [0.25, 0.3) is 5.69 Å². The zero-order valence-corrected chi connectivity index (χ0v) is 18.4. The number of nitro groups is 1. The lowest BCUT2D eigenvalue weighted by Crippen LogP contribution is -2.40. The van der Waals surface area contributed by atoms with Gasteiger partial charge in [-0.2, -0.15) is 0 Å². The number of nitrogens with zero attached hydrogens (tertiary/aromatic N) is 1. The quantitative estimate of drug-likeness (QED) is 0.216. The maximum absolute atomic E-state index is 11.2. The molecule has 0 amide bonds. The summed E-state index contributed by atoms with van der Waals surface area (Å²) in [6.45, 7) is 15.0. The molecule has 0 saturated heterocycles. The lowest BCUT2D eigenvalue weighted by molar-refractivity contribution is -0.384. The zero-order chi connectivity index (χ0) is 19.8. The van der Waals surface area contributed by atoms with Gasteiger partial charge in [0.05, 0.1) is 4.92 Å². The lowest BCUT2D eigenvalue weighted by atomic mass is 10.1. The van der Waals surface area contributed by atoms with Crippen molar-refractivity contribution in [1.29, 1.82) is 0 Å². The van der Waals surface area contributed by atoms with Gasteiger partial charge >= 0.3 is 0 Å². The predicted octanol–water partition coefficient (Wildman–Crippen LogP) is 6.15. The third-order valence-corrected chi connectivity index (χ3v) is 9.86. The Bertz CT molecular complexity index is 583. The normalized spacial score (nSPS) is 12.2. The SMILES string of the molecule is CCc1ccc(NCCCCCCO[Si](C)(C)C(C)(C)C)c([N+](=O)[O-])c1. The van der Waals surface area contributed by atoms with Crippen LogP contribution in [-0.4, -0.2) is 26.4 Å². The Balaban J connectivity index is 2.27. The van der Waals surface area contributed by atoms with Gasteiger partial charge in [0, 0.05) is 19.2 Å². The molecule has 0 fully saturated rings. The number of nitrogens with one attached hydrogen (secondary N) is 1. The topological polar surface area (TPSA) is 64.4 Å². The van der Waals surface area contributed by atoms with Crippen LogP contribution in [0, 0.1) is 10.1 Å². The molecule has 1 aromatic carbocycles. The molecule has 0 aromatic heterocycles. The Labute approximate surface area is 159 Å². The van der Waals surface area contributed by atoms with Gasteiger partial charge in [-0.1, -0.05) is 46.6 Å². The minimum Gasteiger partial charge on any atom is -0.417 e. The number of anilines is 1. The van der Waals surface area contributed by atoms with Crippen molar-refractivity contribution in [3.8, 4) is 0 Å². The summed E-state index contributed by atoms with van der Waals surface area (Å²) in [5.41, 5.74) is 1.78. The summed E-state index contributed by atoms with van der Waals surface area (Å²) in [7, 11) is -1.63. The van der Waals surface area contributed by atoms with Crippen molar-refractivity contribution >= 4 is 19.7 Å². The Morgan fingerprint density at radius 3 is 2.38 bits per heavy atom. The summed E-state index contributed by atoms with van der Waals surface area (Å²) in [4.78, 5) is 10.9. The summed E-state index contributed by atoms with van der Waals surface area (Å²) < 4.78 is 6.18. The summed E-state index contributed by atoms with van der Waals surface area (Å²) in [5.74, 6) is 0. The molecule has 148 valence electrons. The average molecular weight is 381 g/mol. The first-order chi connectivity index (χ1) is 12.1. The molecule has 0 atom stereocenters. The molecule has 1 N–H and O–H groups in total. The van der Waals surface area contributed by atoms with E-state index in [0.29, 0.717) is 5.69 Å². The maximum Gasteiger partial charge on any atom is 0.292 e. The van der Waals surface area contributed by atoms with Gasteiger partial charge in [-0.25, -0.2) is 0 Å². The van der Waals surface area contributed by atoms with E-state index in [9.17, 15) is 10.1 Å². The van der Waals surface area contributed by atoms with Gasteiger partial charge in [0.15, 0.2) is 8.32 Å². The molecule has 0 aliphatic heterocycles. The number of nitro benzene ring substituents is 1. The van der Waals surface area contributed by atoms with Gasteiger partial charge in [0.2, 0.25) is 0 Å². The highest BCUT2D eigenvalue weighted by Gasteiger charge is 2.36. The predicted molar refractivity (Wildman–Crippen MR) is 113 cm³/mol. The largest absolute Gasteiger partial charge is 0.417 e. The summed E-state index contributed by atoms with van der Waals surface area (Å²) in [6, 6.07) is 5.44. The first-order valence-electron chi connectivity index (χ1n) is 9.73. The fourth-order valence-corrected chi connectivity index (χ4v) is 3.53. The minimum absolute atomic E-state index is 0.173. The molecular formula is C20H36N2O3Si. The molecular weight excluding hydrogens is 344 g/mol. The van der Waals surface area contributed by atoms with Crippen molar-refractivity contribution < 1.29 is 9.35 Å². The number of rotatable bonds is 11. The standard InChI is InChI=1S/C20H36N2O3Si/c1-7-17-12-13-18(19(16-17)22(23)24)21-14-10-8-9-11-15-25-26(5,6)20(2,3)4/h12-13,16,21H,7-11,14-15H2,1-6H3. The second-order valence-corrected chi connectivity index (χ2v) is 13.2. The number of benzene rings is 1. The first-order valence-corrected chi connectivity index (χ1v) is 12.6. The zero-order valence-electron chi connectivity index (χ0n) is 17.4. The molecule has 0 saturated carbocycles. The third kappa shape index (κ3) is 7.07. The molecule has 26 heavy (non-hydrogen) atoms. The fourth-order valence-electron chi connectivity index (χ4n) is 2.45. The monoisotopic (exact) mass is 380 g/mol. The van der Waals surface area contributed by atoms with E-state index in [-0.39, 0.29) is 15.6 Å². The molecule has 1 aromatic rings. The summed E-state index contributed by atoms with van der Waals surface area (Å²) >= 11 is 0. The maximum atomic E-state index is 11.2. The van der Waals surface area contributed by atoms with Gasteiger partial charge < -0.3 is 9.74 Å². The van der Waals surface area contributed by atoms with E-state index < -0.39 is 8.32 Å². The van der Waals surface area contributed by atoms with E-state index in [1.165, 1.54) is 0 Å². The van der Waals surface area contributed by atoms with Crippen molar-refractivity contribution in [3.05, 3.63) is 33.9 Å². The Hall–Kier alpha value is -1.40. The number of unbranched alkanes of at least 4 members (excludes halogenated alkanes) is 3. The van der Waals surface area contributed by atoms with Crippen molar-refractivity contribution in [3.63, 3.8) is 0 Å². The van der Waals surface area contributed by atoms with Crippen molar-refractivity contribution in [2.75, 3.05) is 18.5 Å². The Morgan fingerprint density at radius 1 is 1.15 bits per heavy atom. The molecule has 0 spiro atoms. The molecule has 5 nitrogen and oxygen atoms in total. The molecule has 1 rings (SSSR count). The van der Waals surface area contributed by atoms with E-state index in [1.54, 1.807) is 6.07 Å². The summed E-state index contributed by atoms with van der Waals surface area (Å²) in [6.07, 6.45) is 5.13. The van der Waals surface area contributed by atoms with E-state index in [1.807, 2.05) is 19.1 Å². The van der Waals surface area contributed by atoms with Crippen LogP contribution < -0.4 is 5.32 Å². The fraction of sp³-hybridized carbons (Fsp3) is 0.700. The van der Waals surface area contributed by atoms with Crippen LogP contribution in [0.5, 0.6) is 0 Å². The van der Waals surface area contributed by atoms with Crippen LogP contribution >= 0.6 is 0 Å². The number of hydrogen-bond donors (Lipinski definition) is 1. The van der Waals surface area contributed by atoms with Crippen molar-refractivity contribution in [1.82, 2.24) is 0 Å². The van der Waals surface area contributed by atoms with E-state index in [2.05, 4.69) is 39.2 Å².